The molecule has 1 amide bonds. The quantitative estimate of drug-likeness (QED) is 0.709. The maximum atomic E-state index is 13.7. The summed E-state index contributed by atoms with van der Waals surface area (Å²) in [5.41, 5.74) is 1.68. The second kappa shape index (κ2) is 8.11. The lowest BCUT2D eigenvalue weighted by molar-refractivity contribution is 0.102. The van der Waals surface area contributed by atoms with E-state index in [-0.39, 0.29) is 5.69 Å². The van der Waals surface area contributed by atoms with Gasteiger partial charge >= 0.3 is 0 Å². The highest BCUT2D eigenvalue weighted by atomic mass is 19.1. The predicted octanol–water partition coefficient (Wildman–Crippen LogP) is 4.70. The second-order valence-electron chi connectivity index (χ2n) is 5.51. The number of amides is 1. The van der Waals surface area contributed by atoms with E-state index in [1.807, 2.05) is 30.3 Å². The van der Waals surface area contributed by atoms with Gasteiger partial charge in [-0.25, -0.2) is 4.39 Å². The van der Waals surface area contributed by atoms with Crippen LogP contribution in [0.3, 0.4) is 0 Å². The molecule has 1 N–H and O–H groups in total. The van der Waals surface area contributed by atoms with E-state index >= 15 is 0 Å². The van der Waals surface area contributed by atoms with Crippen molar-refractivity contribution < 1.29 is 13.9 Å². The molecule has 0 heterocycles. The van der Waals surface area contributed by atoms with Crippen LogP contribution in [0, 0.1) is 5.82 Å². The molecule has 126 valence electrons. The van der Waals surface area contributed by atoms with Gasteiger partial charge in [0.15, 0.2) is 0 Å². The number of ether oxygens (including phenoxy) is 1. The van der Waals surface area contributed by atoms with Gasteiger partial charge in [-0.15, -0.1) is 0 Å². The van der Waals surface area contributed by atoms with Crippen molar-refractivity contribution in [2.45, 2.75) is 6.42 Å². The van der Waals surface area contributed by atoms with Gasteiger partial charge in [0.2, 0.25) is 0 Å². The number of carbonyl (C=O) groups excluding carboxylic acids is 1. The molecule has 0 bridgehead atoms. The molecule has 3 aromatic carbocycles. The number of para-hydroxylation sites is 2. The van der Waals surface area contributed by atoms with Crippen LogP contribution in [0.15, 0.2) is 78.9 Å². The van der Waals surface area contributed by atoms with Gasteiger partial charge in [0.25, 0.3) is 5.91 Å². The van der Waals surface area contributed by atoms with Gasteiger partial charge in [0.1, 0.15) is 11.6 Å². The Hall–Kier alpha value is -3.14. The number of benzene rings is 3. The maximum absolute atomic E-state index is 13.7. The molecule has 3 rings (SSSR count). The van der Waals surface area contributed by atoms with Crippen molar-refractivity contribution in [3.05, 3.63) is 95.8 Å². The van der Waals surface area contributed by atoms with Crippen molar-refractivity contribution >= 4 is 11.6 Å². The molecule has 0 atom stereocenters. The Balaban J connectivity index is 1.68. The monoisotopic (exact) mass is 335 g/mol. The Labute approximate surface area is 146 Å². The molecule has 0 aliphatic carbocycles. The lowest BCUT2D eigenvalue weighted by Crippen LogP contribution is -2.15. The Bertz CT molecular complexity index is 849. The molecule has 4 heteroatoms. The van der Waals surface area contributed by atoms with Crippen LogP contribution in [-0.4, -0.2) is 12.5 Å². The fourth-order valence-corrected chi connectivity index (χ4v) is 2.46. The highest BCUT2D eigenvalue weighted by Crippen LogP contribution is 2.21. The summed E-state index contributed by atoms with van der Waals surface area (Å²) < 4.78 is 19.5. The average molecular weight is 335 g/mol. The molecular formula is C21H18FNO2. The third-order valence-corrected chi connectivity index (χ3v) is 3.74. The SMILES string of the molecule is O=C(Nc1ccccc1F)c1ccccc1OCCc1ccccc1. The molecule has 3 nitrogen and oxygen atoms in total. The average Bonchev–Trinajstić information content (AvgIpc) is 2.65. The van der Waals surface area contributed by atoms with E-state index in [4.69, 9.17) is 4.74 Å². The molecule has 3 aromatic rings. The first-order valence-electron chi connectivity index (χ1n) is 8.05. The Morgan fingerprint density at radius 2 is 1.56 bits per heavy atom. The van der Waals surface area contributed by atoms with Crippen LogP contribution < -0.4 is 10.1 Å². The molecule has 0 spiro atoms. The van der Waals surface area contributed by atoms with E-state index in [0.717, 1.165) is 12.0 Å². The lowest BCUT2D eigenvalue weighted by atomic mass is 10.1. The van der Waals surface area contributed by atoms with E-state index in [2.05, 4.69) is 5.32 Å². The van der Waals surface area contributed by atoms with Gasteiger partial charge in [-0.3, -0.25) is 4.79 Å². The van der Waals surface area contributed by atoms with Gasteiger partial charge in [0.05, 0.1) is 17.9 Å². The summed E-state index contributed by atoms with van der Waals surface area (Å²) in [6, 6.07) is 23.0. The molecule has 0 unspecified atom stereocenters. The molecule has 0 fully saturated rings. The smallest absolute Gasteiger partial charge is 0.259 e. The van der Waals surface area contributed by atoms with Crippen LogP contribution in [0.4, 0.5) is 10.1 Å². The summed E-state index contributed by atoms with van der Waals surface area (Å²) in [6.07, 6.45) is 0.740. The van der Waals surface area contributed by atoms with E-state index in [1.165, 1.54) is 12.1 Å². The van der Waals surface area contributed by atoms with Gasteiger partial charge in [-0.2, -0.15) is 0 Å². The minimum absolute atomic E-state index is 0.145. The van der Waals surface area contributed by atoms with Crippen LogP contribution >= 0.6 is 0 Å². The number of rotatable bonds is 6. The minimum atomic E-state index is -0.474. The fraction of sp³-hybridized carbons (Fsp3) is 0.0952. The summed E-state index contributed by atoms with van der Waals surface area (Å²) in [6.45, 7) is 0.452. The number of hydrogen-bond acceptors (Lipinski definition) is 2. The number of nitrogens with one attached hydrogen (secondary N) is 1. The summed E-state index contributed by atoms with van der Waals surface area (Å²) in [7, 11) is 0. The molecule has 0 saturated heterocycles. The van der Waals surface area contributed by atoms with Crippen LogP contribution in [0.1, 0.15) is 15.9 Å². The number of carbonyl (C=O) groups is 1. The Morgan fingerprint density at radius 3 is 2.36 bits per heavy atom. The van der Waals surface area contributed by atoms with Crippen molar-refractivity contribution in [3.63, 3.8) is 0 Å². The topological polar surface area (TPSA) is 38.3 Å². The highest BCUT2D eigenvalue weighted by Gasteiger charge is 2.14. The molecule has 0 aliphatic rings. The molecule has 25 heavy (non-hydrogen) atoms. The van der Waals surface area contributed by atoms with Gasteiger partial charge in [-0.1, -0.05) is 54.6 Å². The van der Waals surface area contributed by atoms with Crippen LogP contribution in [0.2, 0.25) is 0 Å². The van der Waals surface area contributed by atoms with Crippen LogP contribution in [0.25, 0.3) is 0 Å². The van der Waals surface area contributed by atoms with Gasteiger partial charge < -0.3 is 10.1 Å². The number of anilines is 1. The zero-order valence-electron chi connectivity index (χ0n) is 13.6. The first-order valence-corrected chi connectivity index (χ1v) is 8.05. The molecular weight excluding hydrogens is 317 g/mol. The highest BCUT2D eigenvalue weighted by molar-refractivity contribution is 6.06. The molecule has 0 aliphatic heterocycles. The minimum Gasteiger partial charge on any atom is -0.492 e. The molecule has 0 radical (unpaired) electrons. The molecule has 0 aromatic heterocycles. The lowest BCUT2D eigenvalue weighted by Gasteiger charge is -2.12. The Morgan fingerprint density at radius 1 is 0.880 bits per heavy atom. The third-order valence-electron chi connectivity index (χ3n) is 3.74. The first-order chi connectivity index (χ1) is 12.2. The first kappa shape index (κ1) is 16.7. The Kier molecular flexibility index (Phi) is 5.42. The number of hydrogen-bond donors (Lipinski definition) is 1. The summed E-state index contributed by atoms with van der Waals surface area (Å²) in [5.74, 6) is -0.397. The second-order valence-corrected chi connectivity index (χ2v) is 5.51. The van der Waals surface area contributed by atoms with Crippen molar-refractivity contribution in [2.75, 3.05) is 11.9 Å². The van der Waals surface area contributed by atoms with E-state index in [0.29, 0.717) is 17.9 Å². The normalized spacial score (nSPS) is 10.3. The zero-order valence-corrected chi connectivity index (χ0v) is 13.6. The van der Waals surface area contributed by atoms with Crippen LogP contribution in [0.5, 0.6) is 5.75 Å². The van der Waals surface area contributed by atoms with Gasteiger partial charge in [0, 0.05) is 6.42 Å². The zero-order chi connectivity index (χ0) is 17.5. The fourth-order valence-electron chi connectivity index (χ4n) is 2.46. The maximum Gasteiger partial charge on any atom is 0.259 e. The van der Waals surface area contributed by atoms with E-state index in [9.17, 15) is 9.18 Å². The van der Waals surface area contributed by atoms with Crippen molar-refractivity contribution in [1.29, 1.82) is 0 Å². The van der Waals surface area contributed by atoms with Crippen molar-refractivity contribution in [3.8, 4) is 5.75 Å². The van der Waals surface area contributed by atoms with Crippen molar-refractivity contribution in [2.24, 2.45) is 0 Å². The number of halogens is 1. The standard InChI is InChI=1S/C21H18FNO2/c22-18-11-5-6-12-19(18)23-21(24)17-10-4-7-13-20(17)25-15-14-16-8-2-1-3-9-16/h1-13H,14-15H2,(H,23,24). The summed E-state index contributed by atoms with van der Waals surface area (Å²) in [5, 5.41) is 2.58. The third kappa shape index (κ3) is 4.44. The van der Waals surface area contributed by atoms with Gasteiger partial charge in [-0.05, 0) is 29.8 Å². The van der Waals surface area contributed by atoms with E-state index in [1.54, 1.807) is 36.4 Å². The summed E-state index contributed by atoms with van der Waals surface area (Å²) in [4.78, 5) is 12.5. The largest absolute Gasteiger partial charge is 0.492 e. The summed E-state index contributed by atoms with van der Waals surface area (Å²) >= 11 is 0. The molecule has 0 saturated carbocycles. The van der Waals surface area contributed by atoms with E-state index < -0.39 is 11.7 Å². The van der Waals surface area contributed by atoms with Crippen molar-refractivity contribution in [1.82, 2.24) is 0 Å². The predicted molar refractivity (Wildman–Crippen MR) is 96.4 cm³/mol. The van der Waals surface area contributed by atoms with Crippen LogP contribution in [-0.2, 0) is 6.42 Å².